The highest BCUT2D eigenvalue weighted by molar-refractivity contribution is 5.80. The zero-order chi connectivity index (χ0) is 9.68. The minimum atomic E-state index is 0.545. The van der Waals surface area contributed by atoms with Gasteiger partial charge in [-0.05, 0) is 44.7 Å². The number of rotatable bonds is 2. The summed E-state index contributed by atoms with van der Waals surface area (Å²) in [6.45, 7) is 7.94. The molecule has 1 saturated carbocycles. The number of nitrogens with zero attached hydrogens (tertiary/aromatic N) is 1. The molecule has 0 saturated heterocycles. The van der Waals surface area contributed by atoms with Crippen molar-refractivity contribution in [2.75, 3.05) is 0 Å². The lowest BCUT2D eigenvalue weighted by atomic mass is 9.88. The molecule has 0 aromatic carbocycles. The molecule has 0 aromatic heterocycles. The van der Waals surface area contributed by atoms with Gasteiger partial charge in [-0.2, -0.15) is 0 Å². The van der Waals surface area contributed by atoms with Crippen LogP contribution in [0.1, 0.15) is 39.5 Å². The number of nitrogens with one attached hydrogen (secondary N) is 1. The lowest BCUT2D eigenvalue weighted by Gasteiger charge is -2.23. The average molecular weight is 180 g/mol. The topological polar surface area (TPSA) is 24.4 Å². The van der Waals surface area contributed by atoms with E-state index in [9.17, 15) is 0 Å². The summed E-state index contributed by atoms with van der Waals surface area (Å²) in [7, 11) is 0. The third-order valence-electron chi connectivity index (χ3n) is 2.67. The molecule has 1 fully saturated rings. The molecular formula is C11H20N2. The maximum Gasteiger partial charge on any atom is 0.0974 e. The zero-order valence-corrected chi connectivity index (χ0v) is 8.71. The van der Waals surface area contributed by atoms with E-state index < -0.39 is 0 Å². The highest BCUT2D eigenvalue weighted by Crippen LogP contribution is 2.25. The van der Waals surface area contributed by atoms with Crippen LogP contribution >= 0.6 is 0 Å². The quantitative estimate of drug-likeness (QED) is 0.513. The van der Waals surface area contributed by atoms with Crippen molar-refractivity contribution < 1.29 is 0 Å². The van der Waals surface area contributed by atoms with Crippen LogP contribution in [-0.4, -0.2) is 11.9 Å². The first-order valence-corrected chi connectivity index (χ1v) is 5.14. The van der Waals surface area contributed by atoms with Crippen LogP contribution in [0, 0.1) is 5.92 Å². The summed E-state index contributed by atoms with van der Waals surface area (Å²) in [5.74, 6) is 1.90. The van der Waals surface area contributed by atoms with Gasteiger partial charge in [0, 0.05) is 0 Å². The summed E-state index contributed by atoms with van der Waals surface area (Å²) in [5.41, 5.74) is 0. The minimum Gasteiger partial charge on any atom is -0.351 e. The van der Waals surface area contributed by atoms with Gasteiger partial charge >= 0.3 is 0 Å². The van der Waals surface area contributed by atoms with E-state index >= 15 is 0 Å². The van der Waals surface area contributed by atoms with E-state index in [1.807, 2.05) is 6.92 Å². The molecule has 2 nitrogen and oxygen atoms in total. The van der Waals surface area contributed by atoms with Crippen molar-refractivity contribution in [3.63, 3.8) is 0 Å². The van der Waals surface area contributed by atoms with E-state index in [2.05, 4.69) is 23.8 Å². The summed E-state index contributed by atoms with van der Waals surface area (Å²) in [6.07, 6.45) is 6.84. The molecule has 0 radical (unpaired) electrons. The first kappa shape index (κ1) is 10.3. The van der Waals surface area contributed by atoms with E-state index in [1.54, 1.807) is 6.20 Å². The van der Waals surface area contributed by atoms with Gasteiger partial charge in [-0.15, -0.1) is 0 Å². The molecule has 13 heavy (non-hydrogen) atoms. The number of hydrogen-bond acceptors (Lipinski definition) is 1. The van der Waals surface area contributed by atoms with E-state index in [1.165, 1.54) is 25.7 Å². The highest BCUT2D eigenvalue weighted by Gasteiger charge is 2.16. The molecule has 1 N–H and O–H groups in total. The van der Waals surface area contributed by atoms with E-state index in [-0.39, 0.29) is 0 Å². The molecule has 74 valence electrons. The maximum atomic E-state index is 4.59. The third-order valence-corrected chi connectivity index (χ3v) is 2.67. The molecule has 1 rings (SSSR count). The lowest BCUT2D eigenvalue weighted by Crippen LogP contribution is -2.20. The van der Waals surface area contributed by atoms with Crippen LogP contribution in [0.5, 0.6) is 0 Å². The Labute approximate surface area is 81.1 Å². The Hall–Kier alpha value is -0.790. The molecule has 0 aliphatic heterocycles. The van der Waals surface area contributed by atoms with Crippen molar-refractivity contribution in [1.82, 2.24) is 5.32 Å². The summed E-state index contributed by atoms with van der Waals surface area (Å²) < 4.78 is 0. The Morgan fingerprint density at radius 1 is 1.38 bits per heavy atom. The SMILES string of the molecule is C=CNC(C)=NC1CCC(C)CC1. The van der Waals surface area contributed by atoms with Crippen LogP contribution in [0.2, 0.25) is 0 Å². The van der Waals surface area contributed by atoms with E-state index in [0.717, 1.165) is 11.8 Å². The van der Waals surface area contributed by atoms with Gasteiger partial charge < -0.3 is 5.32 Å². The second-order valence-corrected chi connectivity index (χ2v) is 3.98. The van der Waals surface area contributed by atoms with Crippen molar-refractivity contribution in [2.24, 2.45) is 10.9 Å². The van der Waals surface area contributed by atoms with Crippen LogP contribution < -0.4 is 5.32 Å². The number of aliphatic imine (C=N–C) groups is 1. The van der Waals surface area contributed by atoms with Crippen molar-refractivity contribution in [1.29, 1.82) is 0 Å². The van der Waals surface area contributed by atoms with Gasteiger partial charge in [0.2, 0.25) is 0 Å². The molecule has 2 heteroatoms. The monoisotopic (exact) mass is 180 g/mol. The van der Waals surface area contributed by atoms with Gasteiger partial charge in [-0.25, -0.2) is 0 Å². The van der Waals surface area contributed by atoms with Crippen molar-refractivity contribution in [2.45, 2.75) is 45.6 Å². The molecule has 0 aromatic rings. The third kappa shape index (κ3) is 3.62. The fraction of sp³-hybridized carbons (Fsp3) is 0.727. The molecule has 0 bridgehead atoms. The molecule has 1 aliphatic rings. The molecule has 0 heterocycles. The highest BCUT2D eigenvalue weighted by atomic mass is 15.0. The summed E-state index contributed by atoms with van der Waals surface area (Å²) >= 11 is 0. The van der Waals surface area contributed by atoms with Gasteiger partial charge in [0.25, 0.3) is 0 Å². The van der Waals surface area contributed by atoms with Crippen LogP contribution in [-0.2, 0) is 0 Å². The van der Waals surface area contributed by atoms with Crippen LogP contribution in [0.25, 0.3) is 0 Å². The molecule has 0 amide bonds. The van der Waals surface area contributed by atoms with Gasteiger partial charge in [0.1, 0.15) is 0 Å². The molecular weight excluding hydrogens is 160 g/mol. The second-order valence-electron chi connectivity index (χ2n) is 3.98. The average Bonchev–Trinajstić information content (AvgIpc) is 2.09. The Morgan fingerprint density at radius 2 is 2.00 bits per heavy atom. The predicted octanol–water partition coefficient (Wildman–Crippen LogP) is 2.72. The van der Waals surface area contributed by atoms with E-state index in [0.29, 0.717) is 6.04 Å². The van der Waals surface area contributed by atoms with Gasteiger partial charge in [-0.3, -0.25) is 4.99 Å². The maximum absolute atomic E-state index is 4.59. The normalized spacial score (nSPS) is 29.8. The lowest BCUT2D eigenvalue weighted by molar-refractivity contribution is 0.349. The van der Waals surface area contributed by atoms with Gasteiger partial charge in [-0.1, -0.05) is 13.5 Å². The van der Waals surface area contributed by atoms with Crippen molar-refractivity contribution in [3.8, 4) is 0 Å². The molecule has 1 aliphatic carbocycles. The van der Waals surface area contributed by atoms with Gasteiger partial charge in [0.15, 0.2) is 0 Å². The zero-order valence-electron chi connectivity index (χ0n) is 8.71. The van der Waals surface area contributed by atoms with Crippen LogP contribution in [0.3, 0.4) is 0 Å². The van der Waals surface area contributed by atoms with Gasteiger partial charge in [0.05, 0.1) is 11.9 Å². The molecule has 0 unspecified atom stereocenters. The second kappa shape index (κ2) is 5.05. The van der Waals surface area contributed by atoms with Crippen LogP contribution in [0.4, 0.5) is 0 Å². The standard InChI is InChI=1S/C11H20N2/c1-4-12-10(3)13-11-7-5-9(2)6-8-11/h4,9,11H,1,5-8H2,2-3H3,(H,12,13). The smallest absolute Gasteiger partial charge is 0.0974 e. The Kier molecular flexibility index (Phi) is 4.00. The first-order valence-electron chi connectivity index (χ1n) is 5.14. The Morgan fingerprint density at radius 3 is 2.54 bits per heavy atom. The summed E-state index contributed by atoms with van der Waals surface area (Å²) in [5, 5.41) is 3.02. The number of hydrogen-bond donors (Lipinski definition) is 1. The molecule has 0 atom stereocenters. The molecule has 0 spiro atoms. The van der Waals surface area contributed by atoms with Crippen molar-refractivity contribution in [3.05, 3.63) is 12.8 Å². The summed E-state index contributed by atoms with van der Waals surface area (Å²) in [4.78, 5) is 4.59. The predicted molar refractivity (Wildman–Crippen MR) is 57.9 cm³/mol. The fourth-order valence-corrected chi connectivity index (χ4v) is 1.83. The summed E-state index contributed by atoms with van der Waals surface area (Å²) in [6, 6.07) is 0.545. The van der Waals surface area contributed by atoms with Crippen molar-refractivity contribution >= 4 is 5.84 Å². The first-order chi connectivity index (χ1) is 6.22. The fourth-order valence-electron chi connectivity index (χ4n) is 1.83. The van der Waals surface area contributed by atoms with Crippen LogP contribution in [0.15, 0.2) is 17.8 Å². The Bertz CT molecular complexity index is 188. The number of amidine groups is 1. The largest absolute Gasteiger partial charge is 0.351 e. The Balaban J connectivity index is 2.36. The minimum absolute atomic E-state index is 0.545. The van der Waals surface area contributed by atoms with E-state index in [4.69, 9.17) is 0 Å².